The van der Waals surface area contributed by atoms with Gasteiger partial charge < -0.3 is 15.2 Å². The van der Waals surface area contributed by atoms with Crippen LogP contribution in [-0.2, 0) is 6.42 Å². The quantitative estimate of drug-likeness (QED) is 0.918. The van der Waals surface area contributed by atoms with Gasteiger partial charge in [-0.3, -0.25) is 0 Å². The zero-order chi connectivity index (χ0) is 14.8. The summed E-state index contributed by atoms with van der Waals surface area (Å²) in [6.07, 6.45) is 0.512. The van der Waals surface area contributed by atoms with E-state index in [-0.39, 0.29) is 11.9 Å². The van der Waals surface area contributed by atoms with E-state index in [9.17, 15) is 4.39 Å². The minimum atomic E-state index is -0.292. The van der Waals surface area contributed by atoms with Gasteiger partial charge in [-0.2, -0.15) is 0 Å². The van der Waals surface area contributed by atoms with Crippen LogP contribution in [0.15, 0.2) is 40.9 Å². The van der Waals surface area contributed by atoms with Gasteiger partial charge in [0.2, 0.25) is 0 Å². The van der Waals surface area contributed by atoms with E-state index in [4.69, 9.17) is 15.2 Å². The highest BCUT2D eigenvalue weighted by Gasteiger charge is 2.20. The van der Waals surface area contributed by atoms with Crippen LogP contribution in [0.2, 0.25) is 0 Å². The van der Waals surface area contributed by atoms with E-state index < -0.39 is 0 Å². The summed E-state index contributed by atoms with van der Waals surface area (Å²) in [4.78, 5) is 0. The number of hydrogen-bond acceptors (Lipinski definition) is 3. The van der Waals surface area contributed by atoms with Crippen LogP contribution in [0.5, 0.6) is 11.5 Å². The SMILES string of the molecule is NC(Cc1cccc(F)c1Br)c1cccc2c1OCCO2. The maximum Gasteiger partial charge on any atom is 0.166 e. The summed E-state index contributed by atoms with van der Waals surface area (Å²) in [7, 11) is 0. The molecule has 0 amide bonds. The summed E-state index contributed by atoms with van der Waals surface area (Å²) in [5, 5.41) is 0. The molecule has 2 aromatic rings. The molecule has 0 aromatic heterocycles. The van der Waals surface area contributed by atoms with Crippen LogP contribution >= 0.6 is 15.9 Å². The lowest BCUT2D eigenvalue weighted by Crippen LogP contribution is -2.20. The number of rotatable bonds is 3. The first-order chi connectivity index (χ1) is 10.2. The number of benzene rings is 2. The predicted octanol–water partition coefficient (Wildman–Crippen LogP) is 3.60. The predicted molar refractivity (Wildman–Crippen MR) is 82.2 cm³/mol. The molecule has 1 heterocycles. The van der Waals surface area contributed by atoms with E-state index in [2.05, 4.69) is 15.9 Å². The highest BCUT2D eigenvalue weighted by molar-refractivity contribution is 9.10. The maximum atomic E-state index is 13.6. The number of fused-ring (bicyclic) bond motifs is 1. The standard InChI is InChI=1S/C16H15BrFNO2/c17-15-10(3-1-5-12(15)18)9-13(19)11-4-2-6-14-16(11)21-8-7-20-14/h1-6,13H,7-9,19H2. The van der Waals surface area contributed by atoms with Crippen molar-refractivity contribution in [1.29, 1.82) is 0 Å². The number of para-hydroxylation sites is 1. The van der Waals surface area contributed by atoms with Crippen molar-refractivity contribution in [2.24, 2.45) is 5.73 Å². The zero-order valence-electron chi connectivity index (χ0n) is 11.3. The molecule has 0 radical (unpaired) electrons. The van der Waals surface area contributed by atoms with Crippen molar-refractivity contribution in [2.75, 3.05) is 13.2 Å². The molecule has 0 bridgehead atoms. The molecule has 0 saturated carbocycles. The molecule has 0 fully saturated rings. The first kappa shape index (κ1) is 14.4. The van der Waals surface area contributed by atoms with Gasteiger partial charge in [0.05, 0.1) is 4.47 Å². The maximum absolute atomic E-state index is 13.6. The Hall–Kier alpha value is -1.59. The zero-order valence-corrected chi connectivity index (χ0v) is 12.9. The van der Waals surface area contributed by atoms with Crippen LogP contribution in [0.4, 0.5) is 4.39 Å². The van der Waals surface area contributed by atoms with Gasteiger partial charge in [0.1, 0.15) is 19.0 Å². The lowest BCUT2D eigenvalue weighted by atomic mass is 9.98. The molecule has 2 aromatic carbocycles. The van der Waals surface area contributed by atoms with Gasteiger partial charge >= 0.3 is 0 Å². The molecule has 3 rings (SSSR count). The van der Waals surface area contributed by atoms with Gasteiger partial charge in [0.25, 0.3) is 0 Å². The monoisotopic (exact) mass is 351 g/mol. The number of ether oxygens (including phenoxy) is 2. The summed E-state index contributed by atoms with van der Waals surface area (Å²) >= 11 is 3.27. The molecule has 5 heteroatoms. The average molecular weight is 352 g/mol. The molecule has 21 heavy (non-hydrogen) atoms. The molecule has 110 valence electrons. The molecule has 2 N–H and O–H groups in total. The molecule has 0 aliphatic carbocycles. The Balaban J connectivity index is 1.89. The second kappa shape index (κ2) is 6.03. The molecule has 3 nitrogen and oxygen atoms in total. The lowest BCUT2D eigenvalue weighted by molar-refractivity contribution is 0.169. The molecule has 1 aliphatic rings. The molecular formula is C16H15BrFNO2. The van der Waals surface area contributed by atoms with Crippen LogP contribution in [0.1, 0.15) is 17.2 Å². The summed E-state index contributed by atoms with van der Waals surface area (Å²) in [6.45, 7) is 1.06. The largest absolute Gasteiger partial charge is 0.486 e. The molecular weight excluding hydrogens is 337 g/mol. The fourth-order valence-corrected chi connectivity index (χ4v) is 2.87. The Morgan fingerprint density at radius 1 is 1.14 bits per heavy atom. The van der Waals surface area contributed by atoms with Crippen molar-refractivity contribution in [3.63, 3.8) is 0 Å². The highest BCUT2D eigenvalue weighted by Crippen LogP contribution is 2.37. The Morgan fingerprint density at radius 2 is 1.90 bits per heavy atom. The van der Waals surface area contributed by atoms with Crippen molar-refractivity contribution >= 4 is 15.9 Å². The van der Waals surface area contributed by atoms with E-state index in [1.165, 1.54) is 6.07 Å². The van der Waals surface area contributed by atoms with Gasteiger partial charge in [-0.1, -0.05) is 24.3 Å². The first-order valence-electron chi connectivity index (χ1n) is 6.74. The Morgan fingerprint density at radius 3 is 2.76 bits per heavy atom. The van der Waals surface area contributed by atoms with Crippen molar-refractivity contribution in [1.82, 2.24) is 0 Å². The van der Waals surface area contributed by atoms with Gasteiger partial charge in [-0.25, -0.2) is 4.39 Å². The van der Waals surface area contributed by atoms with Gasteiger partial charge in [-0.15, -0.1) is 0 Å². The fraction of sp³-hybridized carbons (Fsp3) is 0.250. The third kappa shape index (κ3) is 2.89. The summed E-state index contributed by atoms with van der Waals surface area (Å²) in [6, 6.07) is 10.3. The summed E-state index contributed by atoms with van der Waals surface area (Å²) in [5.74, 6) is 1.13. The van der Waals surface area contributed by atoms with Crippen LogP contribution in [0, 0.1) is 5.82 Å². The smallest absolute Gasteiger partial charge is 0.166 e. The van der Waals surface area contributed by atoms with E-state index in [1.54, 1.807) is 6.07 Å². The lowest BCUT2D eigenvalue weighted by Gasteiger charge is -2.23. The minimum Gasteiger partial charge on any atom is -0.486 e. The average Bonchev–Trinajstić information content (AvgIpc) is 2.51. The Labute approximate surface area is 131 Å². The molecule has 1 atom stereocenters. The third-order valence-electron chi connectivity index (χ3n) is 3.47. The van der Waals surface area contributed by atoms with Gasteiger partial charge in [-0.05, 0) is 40.0 Å². The number of nitrogens with two attached hydrogens (primary N) is 1. The van der Waals surface area contributed by atoms with E-state index >= 15 is 0 Å². The van der Waals surface area contributed by atoms with Gasteiger partial charge in [0.15, 0.2) is 11.5 Å². The van der Waals surface area contributed by atoms with Crippen LogP contribution < -0.4 is 15.2 Å². The van der Waals surface area contributed by atoms with Crippen molar-refractivity contribution in [3.05, 3.63) is 57.8 Å². The second-order valence-electron chi connectivity index (χ2n) is 4.89. The summed E-state index contributed by atoms with van der Waals surface area (Å²) in [5.41, 5.74) is 8.00. The molecule has 1 aliphatic heterocycles. The van der Waals surface area contributed by atoms with Crippen molar-refractivity contribution in [2.45, 2.75) is 12.5 Å². The number of hydrogen-bond donors (Lipinski definition) is 1. The van der Waals surface area contributed by atoms with Crippen LogP contribution in [0.3, 0.4) is 0 Å². The normalized spacial score (nSPS) is 14.8. The van der Waals surface area contributed by atoms with Crippen molar-refractivity contribution < 1.29 is 13.9 Å². The van der Waals surface area contributed by atoms with Crippen LogP contribution in [-0.4, -0.2) is 13.2 Å². The van der Waals surface area contributed by atoms with E-state index in [0.29, 0.717) is 35.6 Å². The fourth-order valence-electron chi connectivity index (χ4n) is 2.44. The first-order valence-corrected chi connectivity index (χ1v) is 7.53. The second-order valence-corrected chi connectivity index (χ2v) is 5.69. The highest BCUT2D eigenvalue weighted by atomic mass is 79.9. The summed E-state index contributed by atoms with van der Waals surface area (Å²) < 4.78 is 25.3. The molecule has 0 saturated heterocycles. The van der Waals surface area contributed by atoms with Crippen molar-refractivity contribution in [3.8, 4) is 11.5 Å². The molecule has 1 unspecified atom stereocenters. The Bertz CT molecular complexity index is 663. The van der Waals surface area contributed by atoms with Crippen LogP contribution in [0.25, 0.3) is 0 Å². The Kier molecular flexibility index (Phi) is 4.12. The molecule has 0 spiro atoms. The van der Waals surface area contributed by atoms with E-state index in [0.717, 1.165) is 11.1 Å². The minimum absolute atomic E-state index is 0.283. The number of halogens is 2. The van der Waals surface area contributed by atoms with Gasteiger partial charge in [0, 0.05) is 11.6 Å². The third-order valence-corrected chi connectivity index (χ3v) is 4.36. The topological polar surface area (TPSA) is 44.5 Å². The van der Waals surface area contributed by atoms with E-state index in [1.807, 2.05) is 24.3 Å².